The van der Waals surface area contributed by atoms with Gasteiger partial charge >= 0.3 is 11.9 Å². The van der Waals surface area contributed by atoms with Crippen molar-refractivity contribution in [2.45, 2.75) is 13.1 Å². The molecular formula is C20H15F3N4O5. The van der Waals surface area contributed by atoms with Crippen LogP contribution in [0.4, 0.5) is 18.9 Å². The second kappa shape index (κ2) is 8.49. The number of nitro benzene ring substituents is 1. The van der Waals surface area contributed by atoms with Crippen LogP contribution in [-0.2, 0) is 15.8 Å². The highest BCUT2D eigenvalue weighted by molar-refractivity contribution is 6.15. The Labute approximate surface area is 179 Å². The molecule has 0 aliphatic carbocycles. The van der Waals surface area contributed by atoms with Gasteiger partial charge in [-0.25, -0.2) is 0 Å². The van der Waals surface area contributed by atoms with E-state index in [0.717, 1.165) is 6.07 Å². The number of ether oxygens (including phenoxy) is 1. The summed E-state index contributed by atoms with van der Waals surface area (Å²) in [6.07, 6.45) is -3.29. The van der Waals surface area contributed by atoms with E-state index in [1.807, 2.05) is 0 Å². The zero-order chi connectivity index (χ0) is 23.6. The summed E-state index contributed by atoms with van der Waals surface area (Å²) in [6, 6.07) is 7.98. The Balaban J connectivity index is 1.88. The predicted octanol–water partition coefficient (Wildman–Crippen LogP) is 3.71. The molecule has 32 heavy (non-hydrogen) atoms. The number of nitrogens with one attached hydrogen (secondary N) is 1. The molecule has 1 aliphatic rings. The molecule has 0 fully saturated rings. The van der Waals surface area contributed by atoms with Gasteiger partial charge in [0.15, 0.2) is 0 Å². The van der Waals surface area contributed by atoms with Gasteiger partial charge in [-0.2, -0.15) is 18.2 Å². The van der Waals surface area contributed by atoms with Gasteiger partial charge in [0.25, 0.3) is 5.91 Å². The normalized spacial score (nSPS) is 15.0. The lowest BCUT2D eigenvalue weighted by atomic mass is 10.1. The van der Waals surface area contributed by atoms with Gasteiger partial charge in [-0.05, 0) is 35.9 Å². The number of aliphatic imine (C=N–C) groups is 1. The molecular weight excluding hydrogens is 433 g/mol. The molecule has 1 N–H and O–H groups in total. The van der Waals surface area contributed by atoms with Crippen LogP contribution in [0.25, 0.3) is 6.08 Å². The van der Waals surface area contributed by atoms with Gasteiger partial charge in [0.05, 0.1) is 10.5 Å². The highest BCUT2D eigenvalue weighted by Crippen LogP contribution is 2.38. The minimum absolute atomic E-state index is 0.0570. The molecule has 0 saturated heterocycles. The third-order valence-electron chi connectivity index (χ3n) is 4.27. The van der Waals surface area contributed by atoms with E-state index in [4.69, 9.17) is 4.74 Å². The molecule has 9 nitrogen and oxygen atoms in total. The third kappa shape index (κ3) is 4.91. The molecule has 0 aromatic heterocycles. The first-order valence-electron chi connectivity index (χ1n) is 8.95. The first-order valence-corrected chi connectivity index (χ1v) is 8.95. The summed E-state index contributed by atoms with van der Waals surface area (Å²) >= 11 is 0. The standard InChI is InChI=1S/C20H15F3N4O5/c1-11(28)24-19-25-18(29)16(26(19)2)9-12-4-3-5-14(8-12)32-17-7-6-13(20(21,22)23)10-15(17)27(30)31/h3-10H,1-2H3,(H,24,25,28,29)/b16-9-. The lowest BCUT2D eigenvalue weighted by molar-refractivity contribution is -0.385. The second-order valence-electron chi connectivity index (χ2n) is 6.62. The summed E-state index contributed by atoms with van der Waals surface area (Å²) in [5.41, 5.74) is -1.42. The molecule has 0 spiro atoms. The van der Waals surface area contributed by atoms with Crippen molar-refractivity contribution in [2.24, 2.45) is 4.99 Å². The number of rotatable bonds is 4. The van der Waals surface area contributed by atoms with Gasteiger partial charge < -0.3 is 9.64 Å². The van der Waals surface area contributed by atoms with Crippen molar-refractivity contribution in [3.05, 3.63) is 69.4 Å². The van der Waals surface area contributed by atoms with E-state index in [2.05, 4.69) is 10.3 Å². The minimum Gasteiger partial charge on any atom is -0.450 e. The molecule has 12 heteroatoms. The summed E-state index contributed by atoms with van der Waals surface area (Å²) in [5.74, 6) is -1.22. The van der Waals surface area contributed by atoms with E-state index in [9.17, 15) is 32.9 Å². The third-order valence-corrected chi connectivity index (χ3v) is 4.27. The average Bonchev–Trinajstić information content (AvgIpc) is 2.94. The van der Waals surface area contributed by atoms with Crippen molar-refractivity contribution in [2.75, 3.05) is 7.05 Å². The van der Waals surface area contributed by atoms with Gasteiger partial charge in [-0.15, -0.1) is 0 Å². The molecule has 0 unspecified atom stereocenters. The van der Waals surface area contributed by atoms with E-state index in [1.54, 1.807) is 6.07 Å². The van der Waals surface area contributed by atoms with Crippen molar-refractivity contribution in [3.8, 4) is 11.5 Å². The molecule has 166 valence electrons. The maximum Gasteiger partial charge on any atom is 0.416 e. The van der Waals surface area contributed by atoms with Crippen LogP contribution in [0.2, 0.25) is 0 Å². The number of likely N-dealkylation sites (N-methyl/N-ethyl adjacent to an activating group) is 1. The van der Waals surface area contributed by atoms with Crippen LogP contribution in [0, 0.1) is 10.1 Å². The molecule has 2 amide bonds. The van der Waals surface area contributed by atoms with E-state index in [1.165, 1.54) is 43.1 Å². The molecule has 2 aromatic rings. The molecule has 0 atom stereocenters. The molecule has 1 heterocycles. The van der Waals surface area contributed by atoms with Crippen LogP contribution in [-0.4, -0.2) is 34.6 Å². The Morgan fingerprint density at radius 2 is 1.97 bits per heavy atom. The van der Waals surface area contributed by atoms with E-state index in [0.29, 0.717) is 17.7 Å². The molecule has 0 bridgehead atoms. The van der Waals surface area contributed by atoms with Crippen molar-refractivity contribution < 1.29 is 32.4 Å². The number of benzene rings is 2. The van der Waals surface area contributed by atoms with Crippen LogP contribution in [0.15, 0.2) is 53.2 Å². The van der Waals surface area contributed by atoms with Crippen molar-refractivity contribution >= 4 is 29.5 Å². The summed E-state index contributed by atoms with van der Waals surface area (Å²) in [7, 11) is 1.53. The number of guanidine groups is 1. The molecule has 0 saturated carbocycles. The van der Waals surface area contributed by atoms with Crippen LogP contribution in [0.1, 0.15) is 18.1 Å². The van der Waals surface area contributed by atoms with Crippen LogP contribution in [0.3, 0.4) is 0 Å². The Morgan fingerprint density at radius 3 is 2.59 bits per heavy atom. The van der Waals surface area contributed by atoms with Gasteiger partial charge in [0.2, 0.25) is 17.6 Å². The topological polar surface area (TPSA) is 114 Å². The smallest absolute Gasteiger partial charge is 0.416 e. The summed E-state index contributed by atoms with van der Waals surface area (Å²) in [5, 5.41) is 13.7. The summed E-state index contributed by atoms with van der Waals surface area (Å²) in [4.78, 5) is 38.7. The van der Waals surface area contributed by atoms with E-state index in [-0.39, 0.29) is 23.2 Å². The van der Waals surface area contributed by atoms with E-state index >= 15 is 0 Å². The zero-order valence-electron chi connectivity index (χ0n) is 16.6. The van der Waals surface area contributed by atoms with E-state index < -0.39 is 34.2 Å². The molecule has 0 radical (unpaired) electrons. The second-order valence-corrected chi connectivity index (χ2v) is 6.62. The first-order chi connectivity index (χ1) is 15.0. The largest absolute Gasteiger partial charge is 0.450 e. The number of carbonyl (C=O) groups excluding carboxylic acids is 2. The maximum absolute atomic E-state index is 12.9. The highest BCUT2D eigenvalue weighted by Gasteiger charge is 2.33. The quantitative estimate of drug-likeness (QED) is 0.433. The Kier molecular flexibility index (Phi) is 5.96. The molecule has 2 aromatic carbocycles. The Hall–Kier alpha value is -4.22. The van der Waals surface area contributed by atoms with Gasteiger partial charge in [0.1, 0.15) is 11.4 Å². The average molecular weight is 448 g/mol. The fourth-order valence-corrected chi connectivity index (χ4v) is 2.79. The number of hydrogen-bond donors (Lipinski definition) is 1. The fraction of sp³-hybridized carbons (Fsp3) is 0.150. The summed E-state index contributed by atoms with van der Waals surface area (Å²) < 4.78 is 44.0. The number of nitro groups is 1. The van der Waals surface area contributed by atoms with Crippen LogP contribution in [0.5, 0.6) is 11.5 Å². The number of nitrogens with zero attached hydrogens (tertiary/aromatic N) is 3. The van der Waals surface area contributed by atoms with Crippen LogP contribution < -0.4 is 10.1 Å². The number of alkyl halides is 3. The summed E-state index contributed by atoms with van der Waals surface area (Å²) in [6.45, 7) is 1.27. The number of amides is 2. The van der Waals surface area contributed by atoms with Crippen molar-refractivity contribution in [1.29, 1.82) is 0 Å². The maximum atomic E-state index is 12.9. The van der Waals surface area contributed by atoms with Crippen LogP contribution >= 0.6 is 0 Å². The Bertz CT molecular complexity index is 1170. The SMILES string of the molecule is CC(=O)NC1=NC(=O)/C(=C/c2cccc(Oc3ccc(C(F)(F)F)cc3[N+](=O)[O-])c2)N1C. The lowest BCUT2D eigenvalue weighted by Gasteiger charge is -2.15. The van der Waals surface area contributed by atoms with Crippen molar-refractivity contribution in [3.63, 3.8) is 0 Å². The lowest BCUT2D eigenvalue weighted by Crippen LogP contribution is -2.37. The molecule has 3 rings (SSSR count). The van der Waals surface area contributed by atoms with Crippen molar-refractivity contribution in [1.82, 2.24) is 10.2 Å². The Morgan fingerprint density at radius 1 is 1.25 bits per heavy atom. The molecule has 1 aliphatic heterocycles. The predicted molar refractivity (Wildman–Crippen MR) is 107 cm³/mol. The minimum atomic E-state index is -4.74. The van der Waals surface area contributed by atoms with Gasteiger partial charge in [-0.3, -0.25) is 25.0 Å². The number of halogens is 3. The monoisotopic (exact) mass is 448 g/mol. The highest BCUT2D eigenvalue weighted by atomic mass is 19.4. The number of hydrogen-bond acceptors (Lipinski definition) is 6. The van der Waals surface area contributed by atoms with Gasteiger partial charge in [-0.1, -0.05) is 12.1 Å². The fourth-order valence-electron chi connectivity index (χ4n) is 2.79. The van der Waals surface area contributed by atoms with Gasteiger partial charge in [0, 0.05) is 20.0 Å². The first kappa shape index (κ1) is 22.5. The number of carbonyl (C=O) groups is 2. The zero-order valence-corrected chi connectivity index (χ0v) is 16.6.